The largest absolute Gasteiger partial charge is 0.494 e. The molecule has 2 aromatic carbocycles. The summed E-state index contributed by atoms with van der Waals surface area (Å²) in [6, 6.07) is 11.2. The van der Waals surface area contributed by atoms with Crippen molar-refractivity contribution in [1.82, 2.24) is 9.55 Å². The molecule has 33 heavy (non-hydrogen) atoms. The number of fused-ring (bicyclic) bond motifs is 1. The first-order chi connectivity index (χ1) is 15.9. The van der Waals surface area contributed by atoms with Crippen LogP contribution in [0.25, 0.3) is 0 Å². The summed E-state index contributed by atoms with van der Waals surface area (Å²) in [5, 5.41) is 10.4. The number of ether oxygens (including phenoxy) is 3. The SMILES string of the molecule is COc1ccc([C@H]2CC(c3c(O)n(C)c(=O)[nH]c3=O)=Nc3ccccc3S2)c(OC)c1OC. The van der Waals surface area contributed by atoms with E-state index in [1.54, 1.807) is 32.0 Å². The summed E-state index contributed by atoms with van der Waals surface area (Å²) in [6.07, 6.45) is 0.278. The van der Waals surface area contributed by atoms with Gasteiger partial charge in [-0.25, -0.2) is 4.79 Å². The van der Waals surface area contributed by atoms with Crippen LogP contribution in [0, 0.1) is 0 Å². The Morgan fingerprint density at radius 1 is 1.06 bits per heavy atom. The van der Waals surface area contributed by atoms with Gasteiger partial charge in [0.25, 0.3) is 5.56 Å². The topological polar surface area (TPSA) is 115 Å². The van der Waals surface area contributed by atoms with Crippen molar-refractivity contribution in [3.63, 3.8) is 0 Å². The number of nitrogens with one attached hydrogen (secondary N) is 1. The molecule has 1 atom stereocenters. The first-order valence-electron chi connectivity index (χ1n) is 10.0. The van der Waals surface area contributed by atoms with E-state index in [1.165, 1.54) is 14.2 Å². The zero-order chi connectivity index (χ0) is 23.7. The van der Waals surface area contributed by atoms with E-state index in [1.807, 2.05) is 30.3 Å². The predicted molar refractivity (Wildman–Crippen MR) is 126 cm³/mol. The van der Waals surface area contributed by atoms with Crippen molar-refractivity contribution in [2.75, 3.05) is 21.3 Å². The van der Waals surface area contributed by atoms with E-state index in [9.17, 15) is 14.7 Å². The average Bonchev–Trinajstić information content (AvgIpc) is 3.01. The standard InChI is InChI=1S/C23H23N3O6S/c1-26-22(28)18(21(27)25-23(26)29)14-11-17(33-16-8-6-5-7-13(16)24-14)12-9-10-15(30-2)20(32-4)19(12)31-3/h5-10,17,28H,11H2,1-4H3,(H,25,27,29)/t17-/m1/s1. The van der Waals surface area contributed by atoms with E-state index in [2.05, 4.69) is 4.98 Å². The van der Waals surface area contributed by atoms with Gasteiger partial charge in [-0.1, -0.05) is 18.2 Å². The summed E-state index contributed by atoms with van der Waals surface area (Å²) in [5.74, 6) is 1.05. The zero-order valence-electron chi connectivity index (χ0n) is 18.5. The van der Waals surface area contributed by atoms with Crippen molar-refractivity contribution in [1.29, 1.82) is 0 Å². The third-order valence-electron chi connectivity index (χ3n) is 5.43. The molecule has 0 saturated heterocycles. The molecule has 0 bridgehead atoms. The Labute approximate surface area is 193 Å². The number of aliphatic imine (C=N–C) groups is 1. The summed E-state index contributed by atoms with van der Waals surface area (Å²) in [7, 11) is 6.02. The minimum absolute atomic E-state index is 0.0427. The summed E-state index contributed by atoms with van der Waals surface area (Å²) in [6.45, 7) is 0. The second kappa shape index (κ2) is 9.07. The van der Waals surface area contributed by atoms with E-state index in [0.29, 0.717) is 28.6 Å². The highest BCUT2D eigenvalue weighted by molar-refractivity contribution is 7.99. The molecule has 1 aliphatic rings. The number of aromatic hydroxyl groups is 1. The van der Waals surface area contributed by atoms with E-state index < -0.39 is 17.1 Å². The van der Waals surface area contributed by atoms with Crippen LogP contribution in [0.4, 0.5) is 5.69 Å². The van der Waals surface area contributed by atoms with Gasteiger partial charge < -0.3 is 19.3 Å². The average molecular weight is 470 g/mol. The Kier molecular flexibility index (Phi) is 6.19. The van der Waals surface area contributed by atoms with Crippen LogP contribution in [0.5, 0.6) is 23.1 Å². The van der Waals surface area contributed by atoms with Crippen LogP contribution in [-0.2, 0) is 7.05 Å². The zero-order valence-corrected chi connectivity index (χ0v) is 19.4. The van der Waals surface area contributed by atoms with Crippen molar-refractivity contribution in [3.05, 3.63) is 68.4 Å². The molecular weight excluding hydrogens is 446 g/mol. The Bertz CT molecular complexity index is 1360. The molecule has 2 N–H and O–H groups in total. The maximum atomic E-state index is 12.7. The number of H-pyrrole nitrogens is 1. The van der Waals surface area contributed by atoms with Crippen LogP contribution in [0.15, 0.2) is 55.9 Å². The number of rotatable bonds is 5. The Hall–Kier alpha value is -3.66. The van der Waals surface area contributed by atoms with Crippen LogP contribution in [-0.4, -0.2) is 41.7 Å². The van der Waals surface area contributed by atoms with E-state index >= 15 is 0 Å². The molecule has 0 spiro atoms. The lowest BCUT2D eigenvalue weighted by molar-refractivity contribution is 0.322. The Morgan fingerprint density at radius 2 is 1.79 bits per heavy atom. The highest BCUT2D eigenvalue weighted by Crippen LogP contribution is 2.51. The highest BCUT2D eigenvalue weighted by Gasteiger charge is 2.30. The summed E-state index contributed by atoms with van der Waals surface area (Å²) >= 11 is 1.56. The van der Waals surface area contributed by atoms with Crippen LogP contribution >= 0.6 is 11.8 Å². The lowest BCUT2D eigenvalue weighted by atomic mass is 10.0. The van der Waals surface area contributed by atoms with Gasteiger partial charge >= 0.3 is 5.69 Å². The second-order valence-electron chi connectivity index (χ2n) is 7.28. The summed E-state index contributed by atoms with van der Waals surface area (Å²) in [5.41, 5.74) is 0.375. The molecule has 10 heteroatoms. The van der Waals surface area contributed by atoms with Gasteiger partial charge in [0.15, 0.2) is 11.5 Å². The first kappa shape index (κ1) is 22.5. The molecule has 9 nitrogen and oxygen atoms in total. The molecule has 0 aliphatic carbocycles. The maximum absolute atomic E-state index is 12.7. The number of methoxy groups -OCH3 is 3. The minimum atomic E-state index is -0.705. The van der Waals surface area contributed by atoms with Gasteiger partial charge in [0.1, 0.15) is 5.56 Å². The van der Waals surface area contributed by atoms with Crippen LogP contribution < -0.4 is 25.5 Å². The van der Waals surface area contributed by atoms with Crippen LogP contribution in [0.2, 0.25) is 0 Å². The quantitative estimate of drug-likeness (QED) is 0.590. The molecular formula is C23H23N3O6S. The van der Waals surface area contributed by atoms with Gasteiger partial charge in [0, 0.05) is 29.2 Å². The molecule has 0 radical (unpaired) electrons. The van der Waals surface area contributed by atoms with Crippen molar-refractivity contribution in [2.45, 2.75) is 16.6 Å². The number of aromatic nitrogens is 2. The maximum Gasteiger partial charge on any atom is 0.330 e. The number of hydrogen-bond donors (Lipinski definition) is 2. The number of para-hydroxylation sites is 1. The van der Waals surface area contributed by atoms with Crippen molar-refractivity contribution in [3.8, 4) is 23.1 Å². The monoisotopic (exact) mass is 469 g/mol. The van der Waals surface area contributed by atoms with Gasteiger partial charge in [-0.15, -0.1) is 11.8 Å². The fraction of sp³-hybridized carbons (Fsp3) is 0.261. The van der Waals surface area contributed by atoms with Crippen LogP contribution in [0.1, 0.15) is 22.8 Å². The van der Waals surface area contributed by atoms with Crippen molar-refractivity contribution >= 4 is 23.2 Å². The summed E-state index contributed by atoms with van der Waals surface area (Å²) in [4.78, 5) is 32.5. The van der Waals surface area contributed by atoms with E-state index in [-0.39, 0.29) is 17.2 Å². The third kappa shape index (κ3) is 3.97. The lowest BCUT2D eigenvalue weighted by Gasteiger charge is -2.22. The van der Waals surface area contributed by atoms with Gasteiger partial charge in [-0.05, 0) is 18.2 Å². The number of thioether (sulfide) groups is 1. The molecule has 0 amide bonds. The molecule has 0 unspecified atom stereocenters. The fourth-order valence-corrected chi connectivity index (χ4v) is 5.04. The molecule has 2 heterocycles. The first-order valence-corrected chi connectivity index (χ1v) is 10.9. The minimum Gasteiger partial charge on any atom is -0.494 e. The fourth-order valence-electron chi connectivity index (χ4n) is 3.79. The number of benzene rings is 2. The Morgan fingerprint density at radius 3 is 2.48 bits per heavy atom. The number of hydrogen-bond acceptors (Lipinski definition) is 8. The molecule has 172 valence electrons. The predicted octanol–water partition coefficient (Wildman–Crippen LogP) is 3.16. The summed E-state index contributed by atoms with van der Waals surface area (Å²) < 4.78 is 17.6. The van der Waals surface area contributed by atoms with Gasteiger partial charge in [-0.3, -0.25) is 19.3 Å². The third-order valence-corrected chi connectivity index (χ3v) is 6.74. The van der Waals surface area contributed by atoms with Gasteiger partial charge in [-0.2, -0.15) is 0 Å². The lowest BCUT2D eigenvalue weighted by Crippen LogP contribution is -2.32. The molecule has 0 saturated carbocycles. The van der Waals surface area contributed by atoms with Crippen molar-refractivity contribution in [2.24, 2.45) is 12.0 Å². The molecule has 4 rings (SSSR count). The second-order valence-corrected chi connectivity index (χ2v) is 8.52. The molecule has 1 aromatic heterocycles. The molecule has 3 aromatic rings. The van der Waals surface area contributed by atoms with E-state index in [4.69, 9.17) is 19.2 Å². The number of nitrogens with zero attached hydrogens (tertiary/aromatic N) is 2. The van der Waals surface area contributed by atoms with Crippen molar-refractivity contribution < 1.29 is 19.3 Å². The number of aromatic amines is 1. The smallest absolute Gasteiger partial charge is 0.330 e. The normalized spacial score (nSPS) is 15.3. The molecule has 0 fully saturated rings. The van der Waals surface area contributed by atoms with E-state index in [0.717, 1.165) is 15.0 Å². The van der Waals surface area contributed by atoms with Gasteiger partial charge in [0.05, 0.1) is 32.7 Å². The Balaban J connectivity index is 1.93. The molecule has 1 aliphatic heterocycles. The highest BCUT2D eigenvalue weighted by atomic mass is 32.2. The van der Waals surface area contributed by atoms with Gasteiger partial charge in [0.2, 0.25) is 11.6 Å². The van der Waals surface area contributed by atoms with Crippen LogP contribution in [0.3, 0.4) is 0 Å².